The molecule has 0 aromatic heterocycles. The third-order valence-electron chi connectivity index (χ3n) is 5.35. The highest BCUT2D eigenvalue weighted by Crippen LogP contribution is 2.27. The van der Waals surface area contributed by atoms with Gasteiger partial charge in [-0.3, -0.25) is 4.79 Å². The molecule has 0 aromatic carbocycles. The van der Waals surface area contributed by atoms with Gasteiger partial charge < -0.3 is 16.0 Å². The van der Waals surface area contributed by atoms with Crippen LogP contribution in [0.1, 0.15) is 46.0 Å². The van der Waals surface area contributed by atoms with Gasteiger partial charge in [0.25, 0.3) is 0 Å². The summed E-state index contributed by atoms with van der Waals surface area (Å²) in [6, 6.07) is 0.201. The fraction of sp³-hybridized carbons (Fsp3) is 0.938. The summed E-state index contributed by atoms with van der Waals surface area (Å²) in [5.74, 6) is 1.62. The molecule has 0 radical (unpaired) electrons. The number of rotatable bonds is 4. The van der Waals surface area contributed by atoms with Gasteiger partial charge in [-0.1, -0.05) is 13.8 Å². The molecule has 3 atom stereocenters. The number of nitrogens with one attached hydrogen (secondary N) is 1. The van der Waals surface area contributed by atoms with Gasteiger partial charge in [0.2, 0.25) is 5.91 Å². The minimum atomic E-state index is 0.150. The van der Waals surface area contributed by atoms with Crippen molar-refractivity contribution in [2.24, 2.45) is 23.5 Å². The van der Waals surface area contributed by atoms with Crippen molar-refractivity contribution in [2.75, 3.05) is 26.2 Å². The third kappa shape index (κ3) is 4.19. The van der Waals surface area contributed by atoms with Gasteiger partial charge in [0.15, 0.2) is 0 Å². The first kappa shape index (κ1) is 15.8. The average Bonchev–Trinajstić information content (AvgIpc) is 2.48. The van der Waals surface area contributed by atoms with Gasteiger partial charge in [0, 0.05) is 18.5 Å². The van der Waals surface area contributed by atoms with Crippen LogP contribution in [0.3, 0.4) is 0 Å². The topological polar surface area (TPSA) is 58.4 Å². The first-order chi connectivity index (χ1) is 9.60. The molecule has 0 aromatic rings. The van der Waals surface area contributed by atoms with Gasteiger partial charge in [-0.05, 0) is 63.6 Å². The molecule has 1 saturated heterocycles. The summed E-state index contributed by atoms with van der Waals surface area (Å²) in [6.07, 6.45) is 5.40. The quantitative estimate of drug-likeness (QED) is 0.823. The van der Waals surface area contributed by atoms with Crippen molar-refractivity contribution in [3.63, 3.8) is 0 Å². The van der Waals surface area contributed by atoms with E-state index >= 15 is 0 Å². The lowest BCUT2D eigenvalue weighted by atomic mass is 9.79. The zero-order valence-corrected chi connectivity index (χ0v) is 13.1. The van der Waals surface area contributed by atoms with Crippen molar-refractivity contribution in [3.05, 3.63) is 0 Å². The zero-order valence-electron chi connectivity index (χ0n) is 13.1. The van der Waals surface area contributed by atoms with Crippen LogP contribution in [0.5, 0.6) is 0 Å². The van der Waals surface area contributed by atoms with E-state index in [1.165, 1.54) is 25.9 Å². The second kappa shape index (κ2) is 7.41. The highest BCUT2D eigenvalue weighted by Gasteiger charge is 2.29. The number of amides is 1. The second-order valence-corrected chi connectivity index (χ2v) is 6.77. The molecule has 1 heterocycles. The van der Waals surface area contributed by atoms with Gasteiger partial charge in [-0.25, -0.2) is 0 Å². The van der Waals surface area contributed by atoms with Crippen LogP contribution in [-0.4, -0.2) is 43.0 Å². The number of nitrogens with two attached hydrogens (primary N) is 1. The van der Waals surface area contributed by atoms with Crippen molar-refractivity contribution in [3.8, 4) is 0 Å². The summed E-state index contributed by atoms with van der Waals surface area (Å²) >= 11 is 0. The number of nitrogens with zero attached hydrogens (tertiary/aromatic N) is 1. The number of carbonyl (C=O) groups is 1. The fourth-order valence-corrected chi connectivity index (χ4v) is 3.49. The molecule has 2 aliphatic rings. The van der Waals surface area contributed by atoms with Crippen LogP contribution in [0.25, 0.3) is 0 Å². The summed E-state index contributed by atoms with van der Waals surface area (Å²) in [5.41, 5.74) is 6.09. The standard InChI is InChI=1S/C16H31N3O/c1-3-19-8-6-13(7-9-19)11-18-16(20)14-5-4-12(2)15(17)10-14/h12-15H,3-11,17H2,1-2H3,(H,18,20). The van der Waals surface area contributed by atoms with Crippen molar-refractivity contribution < 1.29 is 4.79 Å². The Balaban J connectivity index is 1.68. The first-order valence-corrected chi connectivity index (χ1v) is 8.35. The normalized spacial score (nSPS) is 33.0. The minimum absolute atomic E-state index is 0.150. The SMILES string of the molecule is CCN1CCC(CNC(=O)C2CCC(C)C(N)C2)CC1. The minimum Gasteiger partial charge on any atom is -0.356 e. The van der Waals surface area contributed by atoms with Gasteiger partial charge >= 0.3 is 0 Å². The van der Waals surface area contributed by atoms with Crippen LogP contribution in [0.2, 0.25) is 0 Å². The van der Waals surface area contributed by atoms with E-state index in [9.17, 15) is 4.79 Å². The molecule has 0 bridgehead atoms. The molecule has 0 spiro atoms. The molecular formula is C16H31N3O. The number of carbonyl (C=O) groups excluding carboxylic acids is 1. The summed E-state index contributed by atoms with van der Waals surface area (Å²) < 4.78 is 0. The Morgan fingerprint density at radius 1 is 1.25 bits per heavy atom. The molecule has 1 aliphatic carbocycles. The van der Waals surface area contributed by atoms with Crippen molar-refractivity contribution >= 4 is 5.91 Å². The average molecular weight is 281 g/mol. The van der Waals surface area contributed by atoms with Gasteiger partial charge in [-0.2, -0.15) is 0 Å². The van der Waals surface area contributed by atoms with Gasteiger partial charge in [-0.15, -0.1) is 0 Å². The molecule has 3 N–H and O–H groups in total. The molecule has 1 amide bonds. The largest absolute Gasteiger partial charge is 0.356 e. The van der Waals surface area contributed by atoms with Gasteiger partial charge in [0.1, 0.15) is 0 Å². The maximum atomic E-state index is 12.2. The summed E-state index contributed by atoms with van der Waals surface area (Å²) in [6.45, 7) is 8.79. The highest BCUT2D eigenvalue weighted by molar-refractivity contribution is 5.78. The molecule has 2 rings (SSSR count). The molecule has 4 nitrogen and oxygen atoms in total. The van der Waals surface area contributed by atoms with E-state index in [0.717, 1.165) is 32.4 Å². The Morgan fingerprint density at radius 3 is 2.55 bits per heavy atom. The van der Waals surface area contributed by atoms with E-state index < -0.39 is 0 Å². The van der Waals surface area contributed by atoms with E-state index in [-0.39, 0.29) is 17.9 Å². The first-order valence-electron chi connectivity index (χ1n) is 8.35. The fourth-order valence-electron chi connectivity index (χ4n) is 3.49. The molecule has 20 heavy (non-hydrogen) atoms. The van der Waals surface area contributed by atoms with E-state index in [1.54, 1.807) is 0 Å². The van der Waals surface area contributed by atoms with Crippen LogP contribution in [0.15, 0.2) is 0 Å². The van der Waals surface area contributed by atoms with Crippen LogP contribution >= 0.6 is 0 Å². The predicted octanol–water partition coefficient (Wildman–Crippen LogP) is 1.60. The Hall–Kier alpha value is -0.610. The van der Waals surface area contributed by atoms with Crippen molar-refractivity contribution in [1.29, 1.82) is 0 Å². The summed E-state index contributed by atoms with van der Waals surface area (Å²) in [4.78, 5) is 14.7. The molecule has 2 fully saturated rings. The van der Waals surface area contributed by atoms with Crippen LogP contribution in [0.4, 0.5) is 0 Å². The maximum Gasteiger partial charge on any atom is 0.223 e. The Labute approximate surface area is 123 Å². The Bertz CT molecular complexity index is 313. The lowest BCUT2D eigenvalue weighted by molar-refractivity contribution is -0.126. The lowest BCUT2D eigenvalue weighted by Crippen LogP contribution is -2.43. The van der Waals surface area contributed by atoms with E-state index in [2.05, 4.69) is 24.1 Å². The van der Waals surface area contributed by atoms with Gasteiger partial charge in [0.05, 0.1) is 0 Å². The summed E-state index contributed by atoms with van der Waals surface area (Å²) in [5, 5.41) is 3.18. The van der Waals surface area contributed by atoms with Crippen LogP contribution in [0, 0.1) is 17.8 Å². The van der Waals surface area contributed by atoms with E-state index in [1.807, 2.05) is 0 Å². The van der Waals surface area contributed by atoms with Crippen LogP contribution in [-0.2, 0) is 4.79 Å². The summed E-state index contributed by atoms with van der Waals surface area (Å²) in [7, 11) is 0. The number of hydrogen-bond acceptors (Lipinski definition) is 3. The molecule has 4 heteroatoms. The molecule has 3 unspecified atom stereocenters. The van der Waals surface area contributed by atoms with Crippen LogP contribution < -0.4 is 11.1 Å². The molecule has 116 valence electrons. The molecule has 1 saturated carbocycles. The monoisotopic (exact) mass is 281 g/mol. The molecule has 1 aliphatic heterocycles. The maximum absolute atomic E-state index is 12.2. The Morgan fingerprint density at radius 2 is 1.95 bits per heavy atom. The van der Waals surface area contributed by atoms with E-state index in [4.69, 9.17) is 5.73 Å². The van der Waals surface area contributed by atoms with E-state index in [0.29, 0.717) is 11.8 Å². The number of piperidine rings is 1. The Kier molecular flexibility index (Phi) is 5.85. The smallest absolute Gasteiger partial charge is 0.223 e. The van der Waals surface area contributed by atoms with Crippen molar-refractivity contribution in [1.82, 2.24) is 10.2 Å². The molecular weight excluding hydrogens is 250 g/mol. The lowest BCUT2D eigenvalue weighted by Gasteiger charge is -2.33. The zero-order chi connectivity index (χ0) is 14.5. The second-order valence-electron chi connectivity index (χ2n) is 6.77. The number of hydrogen-bond donors (Lipinski definition) is 2. The highest BCUT2D eigenvalue weighted by atomic mass is 16.1. The number of likely N-dealkylation sites (tertiary alicyclic amines) is 1. The predicted molar refractivity (Wildman–Crippen MR) is 82.3 cm³/mol. The van der Waals surface area contributed by atoms with Crippen molar-refractivity contribution in [2.45, 2.75) is 52.0 Å². The third-order valence-corrected chi connectivity index (χ3v) is 5.35.